The van der Waals surface area contributed by atoms with Crippen LogP contribution in [0.5, 0.6) is 0 Å². The lowest BCUT2D eigenvalue weighted by molar-refractivity contribution is 0.598. The number of hydrogen-bond acceptors (Lipinski definition) is 6. The first kappa shape index (κ1) is 11.2. The Hall–Kier alpha value is -1.31. The van der Waals surface area contributed by atoms with E-state index >= 15 is 0 Å². The molecule has 2 heterocycles. The van der Waals surface area contributed by atoms with Crippen molar-refractivity contribution in [1.82, 2.24) is 25.3 Å². The largest absolute Gasteiger partial charge is 0.329 e. The Morgan fingerprint density at radius 2 is 2.38 bits per heavy atom. The molecule has 2 aromatic heterocycles. The number of aromatic nitrogens is 4. The van der Waals surface area contributed by atoms with Gasteiger partial charge in [0, 0.05) is 36.9 Å². The van der Waals surface area contributed by atoms with E-state index < -0.39 is 0 Å². The molecule has 0 fully saturated rings. The third-order valence-corrected chi connectivity index (χ3v) is 2.81. The van der Waals surface area contributed by atoms with Crippen LogP contribution in [0.4, 0.5) is 0 Å². The van der Waals surface area contributed by atoms with E-state index in [1.54, 1.807) is 16.0 Å². The first-order valence-electron chi connectivity index (χ1n) is 5.05. The van der Waals surface area contributed by atoms with Crippen LogP contribution in [0.2, 0.25) is 0 Å². The van der Waals surface area contributed by atoms with Crippen LogP contribution in [-0.4, -0.2) is 26.5 Å². The van der Waals surface area contributed by atoms with Crippen molar-refractivity contribution in [2.45, 2.75) is 19.6 Å². The zero-order valence-electron chi connectivity index (χ0n) is 8.83. The van der Waals surface area contributed by atoms with Crippen molar-refractivity contribution in [3.8, 4) is 0 Å². The second kappa shape index (κ2) is 5.69. The van der Waals surface area contributed by atoms with Gasteiger partial charge in [0.25, 0.3) is 0 Å². The fourth-order valence-corrected chi connectivity index (χ4v) is 1.87. The minimum absolute atomic E-state index is 0.580. The Kier molecular flexibility index (Phi) is 3.97. The average Bonchev–Trinajstić information content (AvgIpc) is 2.90. The fraction of sp³-hybridized carbons (Fsp3) is 0.444. The molecule has 0 spiro atoms. The fourth-order valence-electron chi connectivity index (χ4n) is 1.30. The van der Waals surface area contributed by atoms with Crippen LogP contribution in [-0.2, 0) is 19.6 Å². The summed E-state index contributed by atoms with van der Waals surface area (Å²) in [6.07, 6.45) is 3.77. The van der Waals surface area contributed by atoms with Crippen LogP contribution in [0.25, 0.3) is 0 Å². The van der Waals surface area contributed by atoms with E-state index in [0.29, 0.717) is 19.6 Å². The SMILES string of the molecule is NCCn1cc(CNCc2cncs2)nn1. The molecule has 0 amide bonds. The monoisotopic (exact) mass is 238 g/mol. The first-order chi connectivity index (χ1) is 7.88. The minimum Gasteiger partial charge on any atom is -0.329 e. The van der Waals surface area contributed by atoms with E-state index in [-0.39, 0.29) is 0 Å². The molecule has 3 N–H and O–H groups in total. The van der Waals surface area contributed by atoms with Crippen molar-refractivity contribution in [3.63, 3.8) is 0 Å². The number of hydrogen-bond donors (Lipinski definition) is 2. The van der Waals surface area contributed by atoms with Crippen LogP contribution < -0.4 is 11.1 Å². The number of rotatable bonds is 6. The molecule has 0 saturated heterocycles. The minimum atomic E-state index is 0.580. The molecule has 0 saturated carbocycles. The lowest BCUT2D eigenvalue weighted by Gasteiger charge is -1.98. The highest BCUT2D eigenvalue weighted by Gasteiger charge is 2.00. The van der Waals surface area contributed by atoms with Gasteiger partial charge in [-0.2, -0.15) is 0 Å². The van der Waals surface area contributed by atoms with E-state index in [0.717, 1.165) is 12.2 Å². The molecule has 16 heavy (non-hydrogen) atoms. The summed E-state index contributed by atoms with van der Waals surface area (Å²) < 4.78 is 1.75. The molecule has 0 bridgehead atoms. The zero-order valence-corrected chi connectivity index (χ0v) is 9.65. The summed E-state index contributed by atoms with van der Waals surface area (Å²) in [7, 11) is 0. The molecular weight excluding hydrogens is 224 g/mol. The Bertz CT molecular complexity index is 409. The third kappa shape index (κ3) is 3.09. The number of nitrogens with two attached hydrogens (primary N) is 1. The Balaban J connectivity index is 1.76. The molecule has 0 atom stereocenters. The highest BCUT2D eigenvalue weighted by atomic mass is 32.1. The van der Waals surface area contributed by atoms with Crippen molar-refractivity contribution in [1.29, 1.82) is 0 Å². The molecule has 0 radical (unpaired) electrons. The van der Waals surface area contributed by atoms with Gasteiger partial charge in [0.15, 0.2) is 0 Å². The van der Waals surface area contributed by atoms with E-state index in [1.807, 2.05) is 17.9 Å². The normalized spacial score (nSPS) is 10.8. The van der Waals surface area contributed by atoms with E-state index in [4.69, 9.17) is 5.73 Å². The highest BCUT2D eigenvalue weighted by molar-refractivity contribution is 7.09. The highest BCUT2D eigenvalue weighted by Crippen LogP contribution is 2.04. The third-order valence-electron chi connectivity index (χ3n) is 2.03. The average molecular weight is 238 g/mol. The van der Waals surface area contributed by atoms with Crippen molar-refractivity contribution in [2.75, 3.05) is 6.54 Å². The zero-order chi connectivity index (χ0) is 11.2. The smallest absolute Gasteiger partial charge is 0.0964 e. The van der Waals surface area contributed by atoms with Crippen molar-refractivity contribution >= 4 is 11.3 Å². The van der Waals surface area contributed by atoms with Gasteiger partial charge in [-0.3, -0.25) is 9.67 Å². The van der Waals surface area contributed by atoms with Gasteiger partial charge in [0.1, 0.15) is 0 Å². The Morgan fingerprint density at radius 1 is 1.44 bits per heavy atom. The van der Waals surface area contributed by atoms with Gasteiger partial charge in [0.2, 0.25) is 0 Å². The lowest BCUT2D eigenvalue weighted by Crippen LogP contribution is -2.12. The van der Waals surface area contributed by atoms with Gasteiger partial charge in [0.05, 0.1) is 17.7 Å². The predicted octanol–water partition coefficient (Wildman–Crippen LogP) is -0.0169. The van der Waals surface area contributed by atoms with Crippen molar-refractivity contribution in [3.05, 3.63) is 28.5 Å². The summed E-state index contributed by atoms with van der Waals surface area (Å²) >= 11 is 1.64. The maximum absolute atomic E-state index is 5.42. The van der Waals surface area contributed by atoms with E-state index in [9.17, 15) is 0 Å². The van der Waals surface area contributed by atoms with Crippen LogP contribution in [0, 0.1) is 0 Å². The molecule has 0 aliphatic rings. The summed E-state index contributed by atoms with van der Waals surface area (Å²) in [6, 6.07) is 0. The maximum atomic E-state index is 5.42. The molecule has 6 nitrogen and oxygen atoms in total. The van der Waals surface area contributed by atoms with Crippen LogP contribution in [0.15, 0.2) is 17.9 Å². The first-order valence-corrected chi connectivity index (χ1v) is 5.93. The van der Waals surface area contributed by atoms with Crippen molar-refractivity contribution in [2.24, 2.45) is 5.73 Å². The maximum Gasteiger partial charge on any atom is 0.0964 e. The summed E-state index contributed by atoms with van der Waals surface area (Å²) in [5.41, 5.74) is 8.18. The molecule has 2 aromatic rings. The van der Waals surface area contributed by atoms with Gasteiger partial charge in [-0.1, -0.05) is 5.21 Å². The molecule has 0 aliphatic heterocycles. The Labute approximate surface area is 97.5 Å². The summed E-state index contributed by atoms with van der Waals surface area (Å²) in [5.74, 6) is 0. The van der Waals surface area contributed by atoms with Gasteiger partial charge in [-0.15, -0.1) is 16.4 Å². The molecule has 0 aromatic carbocycles. The van der Waals surface area contributed by atoms with Crippen LogP contribution in [0.3, 0.4) is 0 Å². The van der Waals surface area contributed by atoms with Crippen molar-refractivity contribution < 1.29 is 0 Å². The molecule has 7 heteroatoms. The number of thiazole rings is 1. The molecule has 0 aliphatic carbocycles. The quantitative estimate of drug-likeness (QED) is 0.739. The van der Waals surface area contributed by atoms with E-state index in [2.05, 4.69) is 20.6 Å². The molecule has 86 valence electrons. The topological polar surface area (TPSA) is 81.6 Å². The second-order valence-corrected chi connectivity index (χ2v) is 4.30. The van der Waals surface area contributed by atoms with Gasteiger partial charge >= 0.3 is 0 Å². The number of nitrogens with one attached hydrogen (secondary N) is 1. The molecule has 2 rings (SSSR count). The van der Waals surface area contributed by atoms with Gasteiger partial charge < -0.3 is 11.1 Å². The lowest BCUT2D eigenvalue weighted by atomic mass is 10.4. The van der Waals surface area contributed by atoms with Gasteiger partial charge in [-0.25, -0.2) is 0 Å². The second-order valence-electron chi connectivity index (χ2n) is 3.33. The summed E-state index contributed by atoms with van der Waals surface area (Å²) in [5, 5.41) is 11.3. The van der Waals surface area contributed by atoms with Crippen LogP contribution >= 0.6 is 11.3 Å². The van der Waals surface area contributed by atoms with E-state index in [1.165, 1.54) is 4.88 Å². The summed E-state index contributed by atoms with van der Waals surface area (Å²) in [6.45, 7) is 2.82. The van der Waals surface area contributed by atoms with Crippen LogP contribution in [0.1, 0.15) is 10.6 Å². The summed E-state index contributed by atoms with van der Waals surface area (Å²) in [4.78, 5) is 5.23. The number of nitrogens with zero attached hydrogens (tertiary/aromatic N) is 4. The molecular formula is C9H14N6S. The molecule has 0 unspecified atom stereocenters. The standard InChI is InChI=1S/C9H14N6S/c10-1-2-15-6-8(13-14-15)3-11-4-9-5-12-7-16-9/h5-7,11H,1-4,10H2. The van der Waals surface area contributed by atoms with Gasteiger partial charge in [-0.05, 0) is 0 Å². The predicted molar refractivity (Wildman–Crippen MR) is 61.7 cm³/mol. The Morgan fingerprint density at radius 3 is 3.12 bits per heavy atom.